The van der Waals surface area contributed by atoms with Crippen molar-refractivity contribution in [2.75, 3.05) is 26.4 Å². The molecule has 11 heteroatoms. The number of ether oxygens (including phenoxy) is 1. The van der Waals surface area contributed by atoms with Crippen molar-refractivity contribution in [2.24, 2.45) is 0 Å². The van der Waals surface area contributed by atoms with Crippen LogP contribution in [0.4, 0.5) is 0 Å². The number of carbonyl (C=O) groups is 3. The third-order valence-electron chi connectivity index (χ3n) is 4.54. The number of hydrogen-bond acceptors (Lipinski definition) is 6. The summed E-state index contributed by atoms with van der Waals surface area (Å²) in [6, 6.07) is -2.45. The van der Waals surface area contributed by atoms with Crippen LogP contribution in [0.3, 0.4) is 0 Å². The van der Waals surface area contributed by atoms with E-state index in [0.717, 1.165) is 26.5 Å². The van der Waals surface area contributed by atoms with Gasteiger partial charge in [-0.2, -0.15) is 0 Å². The van der Waals surface area contributed by atoms with E-state index in [0.29, 0.717) is 19.4 Å². The SMILES string of the molecule is COC(=O)[C@H](CP(=O)([O-])O)NC(=O)[C@@H]1CCCN1C(=O)[C@H]1CCC[NH2+]1. The number of rotatable bonds is 6. The summed E-state index contributed by atoms with van der Waals surface area (Å²) in [5.74, 6) is -1.70. The van der Waals surface area contributed by atoms with Gasteiger partial charge in [-0.25, -0.2) is 4.79 Å². The van der Waals surface area contributed by atoms with Gasteiger partial charge in [-0.1, -0.05) is 0 Å². The van der Waals surface area contributed by atoms with Gasteiger partial charge < -0.3 is 34.6 Å². The Balaban J connectivity index is 2.04. The van der Waals surface area contributed by atoms with Crippen LogP contribution in [-0.4, -0.2) is 72.1 Å². The minimum absolute atomic E-state index is 0.110. The molecule has 2 heterocycles. The Hall–Kier alpha value is -1.48. The van der Waals surface area contributed by atoms with E-state index >= 15 is 0 Å². The number of esters is 1. The summed E-state index contributed by atoms with van der Waals surface area (Å²) in [4.78, 5) is 58.2. The number of nitrogens with one attached hydrogen (secondary N) is 1. The molecule has 10 nitrogen and oxygen atoms in total. The molecule has 25 heavy (non-hydrogen) atoms. The average Bonchev–Trinajstić information content (AvgIpc) is 3.22. The first-order valence-electron chi connectivity index (χ1n) is 8.28. The second kappa shape index (κ2) is 8.27. The minimum Gasteiger partial charge on any atom is -0.779 e. The number of nitrogens with two attached hydrogens (primary N) is 1. The van der Waals surface area contributed by atoms with Crippen molar-refractivity contribution in [2.45, 2.75) is 43.8 Å². The van der Waals surface area contributed by atoms with Crippen molar-refractivity contribution >= 4 is 25.4 Å². The lowest BCUT2D eigenvalue weighted by molar-refractivity contribution is -0.658. The van der Waals surface area contributed by atoms with Crippen LogP contribution in [0.5, 0.6) is 0 Å². The summed E-state index contributed by atoms with van der Waals surface area (Å²) in [6.45, 7) is 1.32. The topological polar surface area (TPSA) is 153 Å². The average molecular weight is 377 g/mol. The van der Waals surface area contributed by atoms with Gasteiger partial charge in [0.2, 0.25) is 5.91 Å². The zero-order valence-electron chi connectivity index (χ0n) is 14.1. The van der Waals surface area contributed by atoms with Gasteiger partial charge in [0.05, 0.1) is 13.7 Å². The summed E-state index contributed by atoms with van der Waals surface area (Å²) in [6.07, 6.45) is 1.84. The van der Waals surface area contributed by atoms with Crippen LogP contribution in [0, 0.1) is 0 Å². The molecule has 0 aliphatic carbocycles. The van der Waals surface area contributed by atoms with Crippen molar-refractivity contribution in [1.82, 2.24) is 10.2 Å². The van der Waals surface area contributed by atoms with E-state index in [1.807, 2.05) is 5.32 Å². The summed E-state index contributed by atoms with van der Waals surface area (Å²) in [5.41, 5.74) is 0. The van der Waals surface area contributed by atoms with Gasteiger partial charge in [0.25, 0.3) is 5.91 Å². The molecule has 2 aliphatic rings. The highest BCUT2D eigenvalue weighted by molar-refractivity contribution is 7.50. The maximum absolute atomic E-state index is 12.6. The lowest BCUT2D eigenvalue weighted by Crippen LogP contribution is -2.89. The Morgan fingerprint density at radius 3 is 2.68 bits per heavy atom. The summed E-state index contributed by atoms with van der Waals surface area (Å²) in [7, 11) is -3.73. The molecule has 0 aromatic rings. The summed E-state index contributed by atoms with van der Waals surface area (Å²) < 4.78 is 15.5. The van der Waals surface area contributed by atoms with Crippen molar-refractivity contribution in [3.63, 3.8) is 0 Å². The van der Waals surface area contributed by atoms with E-state index in [-0.39, 0.29) is 11.9 Å². The molecule has 0 radical (unpaired) electrons. The lowest BCUT2D eigenvalue weighted by Gasteiger charge is -2.28. The molecule has 2 aliphatic heterocycles. The third kappa shape index (κ3) is 5.24. The third-order valence-corrected chi connectivity index (χ3v) is 5.37. The predicted molar refractivity (Wildman–Crippen MR) is 83.2 cm³/mol. The van der Waals surface area contributed by atoms with Gasteiger partial charge in [-0.3, -0.25) is 9.59 Å². The number of carbonyl (C=O) groups excluding carboxylic acids is 3. The second-order valence-corrected chi connectivity index (χ2v) is 8.01. The Bertz CT molecular complexity index is 573. The molecule has 4 atom stereocenters. The number of nitrogens with zero attached hydrogens (tertiary/aromatic N) is 1. The standard InChI is InChI=1S/C14H24N3O7P/c1-24-14(20)10(8-25(21,22)23)16-12(18)11-5-3-7-17(11)13(19)9-4-2-6-15-9/h9-11,15H,2-8H2,1H3,(H,16,18)(H2,21,22,23)/t9-,10+,11+/m1/s1. The Morgan fingerprint density at radius 1 is 1.40 bits per heavy atom. The fourth-order valence-electron chi connectivity index (χ4n) is 3.34. The molecule has 1 unspecified atom stereocenters. The highest BCUT2D eigenvalue weighted by Crippen LogP contribution is 2.30. The van der Waals surface area contributed by atoms with E-state index in [2.05, 4.69) is 10.1 Å². The van der Waals surface area contributed by atoms with Gasteiger partial charge in [-0.15, -0.1) is 0 Å². The molecule has 0 aromatic carbocycles. The van der Waals surface area contributed by atoms with E-state index in [4.69, 9.17) is 4.89 Å². The molecule has 2 amide bonds. The van der Waals surface area contributed by atoms with Crippen LogP contribution in [0.25, 0.3) is 0 Å². The van der Waals surface area contributed by atoms with Crippen molar-refractivity contribution in [1.29, 1.82) is 0 Å². The quantitative estimate of drug-likeness (QED) is 0.327. The normalized spacial score (nSPS) is 26.8. The van der Waals surface area contributed by atoms with Gasteiger partial charge in [0, 0.05) is 25.5 Å². The largest absolute Gasteiger partial charge is 0.779 e. The molecule has 2 fully saturated rings. The first-order valence-corrected chi connectivity index (χ1v) is 10.0. The first-order chi connectivity index (χ1) is 11.7. The molecular weight excluding hydrogens is 353 g/mol. The van der Waals surface area contributed by atoms with Crippen molar-refractivity contribution < 1.29 is 38.8 Å². The highest BCUT2D eigenvalue weighted by atomic mass is 31.2. The van der Waals surface area contributed by atoms with Crippen molar-refractivity contribution in [3.8, 4) is 0 Å². The van der Waals surface area contributed by atoms with Crippen LogP contribution in [0.15, 0.2) is 0 Å². The summed E-state index contributed by atoms with van der Waals surface area (Å²) >= 11 is 0. The number of hydrogen-bond donors (Lipinski definition) is 3. The smallest absolute Gasteiger partial charge is 0.328 e. The van der Waals surface area contributed by atoms with Crippen LogP contribution < -0.4 is 15.5 Å². The number of methoxy groups -OCH3 is 1. The zero-order valence-corrected chi connectivity index (χ0v) is 14.9. The molecule has 2 rings (SSSR count). The lowest BCUT2D eigenvalue weighted by atomic mass is 10.1. The zero-order chi connectivity index (χ0) is 18.6. The highest BCUT2D eigenvalue weighted by Gasteiger charge is 2.40. The van der Waals surface area contributed by atoms with Crippen LogP contribution >= 0.6 is 7.60 Å². The number of amides is 2. The van der Waals surface area contributed by atoms with Crippen LogP contribution in [0.1, 0.15) is 25.7 Å². The van der Waals surface area contributed by atoms with Gasteiger partial charge in [0.15, 0.2) is 6.04 Å². The first kappa shape index (κ1) is 19.8. The molecule has 142 valence electrons. The summed E-state index contributed by atoms with van der Waals surface area (Å²) in [5, 5.41) is 4.24. The van der Waals surface area contributed by atoms with Gasteiger partial charge in [0.1, 0.15) is 19.7 Å². The predicted octanol–water partition coefficient (Wildman–Crippen LogP) is -3.09. The molecule has 0 spiro atoms. The Morgan fingerprint density at radius 2 is 2.12 bits per heavy atom. The minimum atomic E-state index is -4.78. The molecule has 2 saturated heterocycles. The molecular formula is C14H24N3O7P. The van der Waals surface area contributed by atoms with Crippen molar-refractivity contribution in [3.05, 3.63) is 0 Å². The fraction of sp³-hybridized carbons (Fsp3) is 0.786. The van der Waals surface area contributed by atoms with E-state index in [9.17, 15) is 23.8 Å². The maximum Gasteiger partial charge on any atom is 0.328 e. The van der Waals surface area contributed by atoms with Gasteiger partial charge in [-0.05, 0) is 12.8 Å². The number of quaternary nitrogens is 1. The fourth-order valence-corrected chi connectivity index (χ4v) is 4.04. The molecule has 4 N–H and O–H groups in total. The van der Waals surface area contributed by atoms with Crippen LogP contribution in [0.2, 0.25) is 0 Å². The Kier molecular flexibility index (Phi) is 6.56. The Labute approximate surface area is 145 Å². The van der Waals surface area contributed by atoms with Gasteiger partial charge >= 0.3 is 5.97 Å². The van der Waals surface area contributed by atoms with E-state index < -0.39 is 37.7 Å². The maximum atomic E-state index is 12.6. The molecule has 0 aromatic heterocycles. The molecule has 0 bridgehead atoms. The second-order valence-electron chi connectivity index (χ2n) is 6.37. The monoisotopic (exact) mass is 377 g/mol. The molecule has 0 saturated carbocycles. The van der Waals surface area contributed by atoms with Crippen LogP contribution in [-0.2, 0) is 23.7 Å². The number of likely N-dealkylation sites (tertiary alicyclic amines) is 1. The van der Waals surface area contributed by atoms with E-state index in [1.165, 1.54) is 4.90 Å². The van der Waals surface area contributed by atoms with E-state index in [1.54, 1.807) is 0 Å².